The van der Waals surface area contributed by atoms with Gasteiger partial charge in [0.05, 0.1) is 5.56 Å². The van der Waals surface area contributed by atoms with Gasteiger partial charge in [0.15, 0.2) is 0 Å². The van der Waals surface area contributed by atoms with Crippen molar-refractivity contribution in [3.63, 3.8) is 0 Å². The van der Waals surface area contributed by atoms with Crippen LogP contribution in [0.3, 0.4) is 0 Å². The smallest absolute Gasteiger partial charge is 0.275 e. The number of benzene rings is 1. The van der Waals surface area contributed by atoms with Crippen molar-refractivity contribution in [1.29, 1.82) is 0 Å². The molecule has 96 valence electrons. The van der Waals surface area contributed by atoms with Crippen LogP contribution in [-0.4, -0.2) is 16.7 Å². The van der Waals surface area contributed by atoms with Gasteiger partial charge in [-0.15, -0.1) is 0 Å². The molecule has 0 aliphatic heterocycles. The predicted octanol–water partition coefficient (Wildman–Crippen LogP) is 2.83. The summed E-state index contributed by atoms with van der Waals surface area (Å²) < 4.78 is 0. The van der Waals surface area contributed by atoms with Gasteiger partial charge in [-0.05, 0) is 37.8 Å². The average molecular weight is 246 g/mol. The van der Waals surface area contributed by atoms with E-state index in [1.54, 1.807) is 18.2 Å². The second-order valence-corrected chi connectivity index (χ2v) is 4.55. The molecular weight excluding hydrogens is 228 g/mol. The van der Waals surface area contributed by atoms with Gasteiger partial charge in [0.1, 0.15) is 5.75 Å². The SMILES string of the molecule is O=C(NN=C1CCCCCC1)c1ccccc1O. The average Bonchev–Trinajstić information content (AvgIpc) is 2.65. The number of rotatable bonds is 2. The second-order valence-electron chi connectivity index (χ2n) is 4.55. The summed E-state index contributed by atoms with van der Waals surface area (Å²) >= 11 is 0. The summed E-state index contributed by atoms with van der Waals surface area (Å²) in [5, 5.41) is 13.7. The van der Waals surface area contributed by atoms with Crippen molar-refractivity contribution in [2.24, 2.45) is 5.10 Å². The Morgan fingerprint density at radius 3 is 2.44 bits per heavy atom. The monoisotopic (exact) mass is 246 g/mol. The number of carbonyl (C=O) groups excluding carboxylic acids is 1. The van der Waals surface area contributed by atoms with Gasteiger partial charge in [-0.2, -0.15) is 5.10 Å². The molecule has 2 N–H and O–H groups in total. The molecular formula is C14H18N2O2. The summed E-state index contributed by atoms with van der Waals surface area (Å²) in [5.41, 5.74) is 3.84. The molecule has 1 aromatic carbocycles. The first-order chi connectivity index (χ1) is 8.77. The minimum absolute atomic E-state index is 0.0175. The lowest BCUT2D eigenvalue weighted by Crippen LogP contribution is -2.19. The molecule has 0 bridgehead atoms. The molecule has 1 saturated carbocycles. The van der Waals surface area contributed by atoms with Crippen LogP contribution < -0.4 is 5.43 Å². The van der Waals surface area contributed by atoms with Crippen molar-refractivity contribution >= 4 is 11.6 Å². The lowest BCUT2D eigenvalue weighted by Gasteiger charge is -2.05. The van der Waals surface area contributed by atoms with Crippen molar-refractivity contribution in [3.8, 4) is 5.75 Å². The topological polar surface area (TPSA) is 61.7 Å². The minimum Gasteiger partial charge on any atom is -0.507 e. The summed E-state index contributed by atoms with van der Waals surface area (Å²) in [6.07, 6.45) is 6.69. The Hall–Kier alpha value is -1.84. The van der Waals surface area contributed by atoms with Crippen molar-refractivity contribution in [2.75, 3.05) is 0 Å². The molecule has 1 fully saturated rings. The summed E-state index contributed by atoms with van der Waals surface area (Å²) in [4.78, 5) is 11.8. The Labute approximate surface area is 107 Å². The molecule has 0 unspecified atom stereocenters. The van der Waals surface area contributed by atoms with Crippen molar-refractivity contribution in [2.45, 2.75) is 38.5 Å². The molecule has 0 atom stereocenters. The highest BCUT2D eigenvalue weighted by Gasteiger charge is 2.10. The van der Waals surface area contributed by atoms with Crippen LogP contribution in [0.25, 0.3) is 0 Å². The first-order valence-electron chi connectivity index (χ1n) is 6.41. The Balaban J connectivity index is 1.99. The molecule has 0 radical (unpaired) electrons. The molecule has 1 aliphatic carbocycles. The van der Waals surface area contributed by atoms with Crippen molar-refractivity contribution in [1.82, 2.24) is 5.43 Å². The van der Waals surface area contributed by atoms with E-state index in [0.717, 1.165) is 31.4 Å². The van der Waals surface area contributed by atoms with E-state index in [0.29, 0.717) is 0 Å². The van der Waals surface area contributed by atoms with Crippen LogP contribution in [0.15, 0.2) is 29.4 Å². The molecule has 1 aliphatic rings. The normalized spacial score (nSPS) is 15.9. The number of carbonyl (C=O) groups is 1. The maximum absolute atomic E-state index is 11.8. The van der Waals surface area contributed by atoms with Gasteiger partial charge in [0, 0.05) is 5.71 Å². The summed E-state index contributed by atoms with van der Waals surface area (Å²) in [5.74, 6) is -0.374. The zero-order valence-electron chi connectivity index (χ0n) is 10.4. The van der Waals surface area contributed by atoms with E-state index in [-0.39, 0.29) is 17.2 Å². The number of nitrogens with one attached hydrogen (secondary N) is 1. The molecule has 1 aromatic rings. The quantitative estimate of drug-likeness (QED) is 0.622. The standard InChI is InChI=1S/C14H18N2O2/c17-13-10-6-5-9-12(13)14(18)16-15-11-7-3-1-2-4-8-11/h5-6,9-10,17H,1-4,7-8H2,(H,16,18). The van der Waals surface area contributed by atoms with E-state index in [1.807, 2.05) is 0 Å². The minimum atomic E-state index is -0.357. The van der Waals surface area contributed by atoms with Crippen LogP contribution >= 0.6 is 0 Å². The molecule has 1 amide bonds. The van der Waals surface area contributed by atoms with Gasteiger partial charge in [-0.25, -0.2) is 5.43 Å². The molecule has 0 aromatic heterocycles. The maximum atomic E-state index is 11.8. The number of para-hydroxylation sites is 1. The molecule has 2 rings (SSSR count). The third-order valence-corrected chi connectivity index (χ3v) is 3.14. The number of hydrogen-bond acceptors (Lipinski definition) is 3. The molecule has 0 spiro atoms. The Bertz CT molecular complexity index is 445. The Morgan fingerprint density at radius 1 is 1.11 bits per heavy atom. The first kappa shape index (κ1) is 12.6. The van der Waals surface area contributed by atoms with Gasteiger partial charge in [0.2, 0.25) is 0 Å². The number of amides is 1. The number of hydrogen-bond donors (Lipinski definition) is 2. The van der Waals surface area contributed by atoms with E-state index >= 15 is 0 Å². The second kappa shape index (κ2) is 6.19. The fourth-order valence-corrected chi connectivity index (χ4v) is 2.10. The maximum Gasteiger partial charge on any atom is 0.275 e. The van der Waals surface area contributed by atoms with E-state index in [4.69, 9.17) is 0 Å². The summed E-state index contributed by atoms with van der Waals surface area (Å²) in [6.45, 7) is 0. The third kappa shape index (κ3) is 3.32. The molecule has 0 heterocycles. The third-order valence-electron chi connectivity index (χ3n) is 3.14. The van der Waals surface area contributed by atoms with Crippen LogP contribution in [0.1, 0.15) is 48.9 Å². The van der Waals surface area contributed by atoms with Crippen molar-refractivity contribution < 1.29 is 9.90 Å². The largest absolute Gasteiger partial charge is 0.507 e. The number of phenolic OH excluding ortho intramolecular Hbond substituents is 1. The highest BCUT2D eigenvalue weighted by molar-refractivity contribution is 5.97. The van der Waals surface area contributed by atoms with E-state index in [1.165, 1.54) is 18.9 Å². The van der Waals surface area contributed by atoms with Gasteiger partial charge >= 0.3 is 0 Å². The molecule has 18 heavy (non-hydrogen) atoms. The molecule has 0 saturated heterocycles. The summed E-state index contributed by atoms with van der Waals surface area (Å²) in [7, 11) is 0. The van der Waals surface area contributed by atoms with Gasteiger partial charge < -0.3 is 5.11 Å². The Kier molecular flexibility index (Phi) is 4.34. The Morgan fingerprint density at radius 2 is 1.78 bits per heavy atom. The van der Waals surface area contributed by atoms with Crippen molar-refractivity contribution in [3.05, 3.63) is 29.8 Å². The predicted molar refractivity (Wildman–Crippen MR) is 70.7 cm³/mol. The fraction of sp³-hybridized carbons (Fsp3) is 0.429. The zero-order valence-corrected chi connectivity index (χ0v) is 10.4. The first-order valence-corrected chi connectivity index (χ1v) is 6.41. The number of aromatic hydroxyl groups is 1. The van der Waals surface area contributed by atoms with Gasteiger partial charge in [-0.1, -0.05) is 25.0 Å². The van der Waals surface area contributed by atoms with E-state index in [2.05, 4.69) is 10.5 Å². The lowest BCUT2D eigenvalue weighted by molar-refractivity contribution is 0.0952. The van der Waals surface area contributed by atoms with Crippen LogP contribution in [0, 0.1) is 0 Å². The molecule has 4 heteroatoms. The van der Waals surface area contributed by atoms with E-state index in [9.17, 15) is 9.90 Å². The fourth-order valence-electron chi connectivity index (χ4n) is 2.10. The highest BCUT2D eigenvalue weighted by atomic mass is 16.3. The number of phenols is 1. The van der Waals surface area contributed by atoms with Crippen LogP contribution in [0.5, 0.6) is 5.75 Å². The number of nitrogens with zero attached hydrogens (tertiary/aromatic N) is 1. The lowest BCUT2D eigenvalue weighted by atomic mass is 10.2. The highest BCUT2D eigenvalue weighted by Crippen LogP contribution is 2.16. The van der Waals surface area contributed by atoms with Crippen LogP contribution in [0.4, 0.5) is 0 Å². The van der Waals surface area contributed by atoms with Gasteiger partial charge in [-0.3, -0.25) is 4.79 Å². The summed E-state index contributed by atoms with van der Waals surface area (Å²) in [6, 6.07) is 6.47. The molecule has 4 nitrogen and oxygen atoms in total. The van der Waals surface area contributed by atoms with Crippen LogP contribution in [-0.2, 0) is 0 Å². The zero-order chi connectivity index (χ0) is 12.8. The van der Waals surface area contributed by atoms with Crippen LogP contribution in [0.2, 0.25) is 0 Å². The van der Waals surface area contributed by atoms with E-state index < -0.39 is 0 Å². The van der Waals surface area contributed by atoms with Gasteiger partial charge in [0.25, 0.3) is 5.91 Å². The number of hydrazone groups is 1.